The molecule has 0 N–H and O–H groups in total. The quantitative estimate of drug-likeness (QED) is 0.169. The van der Waals surface area contributed by atoms with Gasteiger partial charge in [0.15, 0.2) is 5.58 Å². The number of hydrogen-bond acceptors (Lipinski definition) is 2. The molecule has 2 heterocycles. The molecule has 0 aliphatic carbocycles. The zero-order chi connectivity index (χ0) is 38.9. The normalized spacial score (nSPS) is 11.7. The minimum atomic E-state index is 0.846. The molecule has 59 heavy (non-hydrogen) atoms. The van der Waals surface area contributed by atoms with Crippen molar-refractivity contribution in [2.45, 2.75) is 0 Å². The second-order valence-corrected chi connectivity index (χ2v) is 15.3. The van der Waals surface area contributed by atoms with Gasteiger partial charge in [0.25, 0.3) is 0 Å². The second kappa shape index (κ2) is 13.4. The van der Waals surface area contributed by atoms with Crippen LogP contribution in [-0.2, 0) is 0 Å². The molecule has 0 fully saturated rings. The number of fused-ring (bicyclic) bond motifs is 9. The van der Waals surface area contributed by atoms with Gasteiger partial charge in [-0.25, -0.2) is 0 Å². The van der Waals surface area contributed by atoms with Crippen molar-refractivity contribution in [3.05, 3.63) is 218 Å². The van der Waals surface area contributed by atoms with Crippen LogP contribution in [-0.4, -0.2) is 4.57 Å². The van der Waals surface area contributed by atoms with Crippen molar-refractivity contribution in [1.82, 2.24) is 4.57 Å². The zero-order valence-corrected chi connectivity index (χ0v) is 32.1. The topological polar surface area (TPSA) is 21.3 Å². The highest BCUT2D eigenvalue weighted by Gasteiger charge is 2.23. The van der Waals surface area contributed by atoms with Gasteiger partial charge in [0, 0.05) is 44.0 Å². The number of benzene rings is 10. The fourth-order valence-corrected chi connectivity index (χ4v) is 9.19. The number of nitrogens with zero attached hydrogens (tertiary/aromatic N) is 2. The maximum Gasteiger partial charge on any atom is 0.159 e. The highest BCUT2D eigenvalue weighted by molar-refractivity contribution is 6.21. The Balaban J connectivity index is 1.11. The Bertz CT molecular complexity index is 3540. The van der Waals surface area contributed by atoms with E-state index in [0.29, 0.717) is 0 Å². The van der Waals surface area contributed by atoms with Crippen LogP contribution in [0, 0.1) is 0 Å². The fraction of sp³-hybridized carbons (Fsp3) is 0. The third kappa shape index (κ3) is 5.36. The molecule has 12 rings (SSSR count). The Morgan fingerprint density at radius 3 is 1.78 bits per heavy atom. The van der Waals surface area contributed by atoms with Gasteiger partial charge in [-0.05, 0) is 99.1 Å². The van der Waals surface area contributed by atoms with E-state index in [9.17, 15) is 0 Å². The van der Waals surface area contributed by atoms with E-state index in [1.54, 1.807) is 0 Å². The zero-order valence-electron chi connectivity index (χ0n) is 32.1. The van der Waals surface area contributed by atoms with Gasteiger partial charge in [0.05, 0.1) is 16.7 Å². The van der Waals surface area contributed by atoms with Crippen molar-refractivity contribution < 1.29 is 4.42 Å². The van der Waals surface area contributed by atoms with Gasteiger partial charge < -0.3 is 13.9 Å². The molecule has 12 aromatic rings. The average molecular weight is 753 g/mol. The smallest absolute Gasteiger partial charge is 0.159 e. The Kier molecular flexibility index (Phi) is 7.54. The summed E-state index contributed by atoms with van der Waals surface area (Å²) < 4.78 is 9.54. The standard InChI is InChI=1S/C56H36N2O/c1-3-14-37(15-4-1)39-28-30-43(31-29-39)57(44-32-33-47-46-21-11-12-24-52(46)58(54(47)35-44)42-18-5-2-6-19-42)53-25-13-23-49-51-36-50(41-27-26-38-16-7-8-17-40(38)34-41)45-20-9-10-22-48(45)55(51)59-56(49)53/h1-36H. The van der Waals surface area contributed by atoms with Crippen LogP contribution in [0.5, 0.6) is 0 Å². The van der Waals surface area contributed by atoms with Gasteiger partial charge in [-0.1, -0.05) is 158 Å². The van der Waals surface area contributed by atoms with Crippen molar-refractivity contribution in [2.75, 3.05) is 4.90 Å². The first-order valence-electron chi connectivity index (χ1n) is 20.2. The van der Waals surface area contributed by atoms with Gasteiger partial charge in [-0.15, -0.1) is 0 Å². The highest BCUT2D eigenvalue weighted by atomic mass is 16.3. The number of hydrogen-bond donors (Lipinski definition) is 0. The summed E-state index contributed by atoms with van der Waals surface area (Å²) in [6, 6.07) is 78.6. The molecule has 276 valence electrons. The molecule has 0 spiro atoms. The maximum atomic E-state index is 7.16. The van der Waals surface area contributed by atoms with E-state index < -0.39 is 0 Å². The van der Waals surface area contributed by atoms with Crippen LogP contribution in [0.1, 0.15) is 0 Å². The summed E-state index contributed by atoms with van der Waals surface area (Å²) >= 11 is 0. The van der Waals surface area contributed by atoms with Crippen molar-refractivity contribution in [2.24, 2.45) is 0 Å². The molecular weight excluding hydrogens is 717 g/mol. The van der Waals surface area contributed by atoms with Crippen LogP contribution in [0.15, 0.2) is 223 Å². The molecule has 0 saturated heterocycles. The molecule has 3 heteroatoms. The summed E-state index contributed by atoms with van der Waals surface area (Å²) in [6.07, 6.45) is 0. The lowest BCUT2D eigenvalue weighted by Crippen LogP contribution is -2.10. The summed E-state index contributed by atoms with van der Waals surface area (Å²) in [5.41, 5.74) is 13.0. The van der Waals surface area contributed by atoms with Crippen LogP contribution in [0.25, 0.3) is 93.2 Å². The van der Waals surface area contributed by atoms with E-state index in [4.69, 9.17) is 4.42 Å². The largest absolute Gasteiger partial charge is 0.453 e. The van der Waals surface area contributed by atoms with Gasteiger partial charge in [-0.3, -0.25) is 0 Å². The van der Waals surface area contributed by atoms with E-state index >= 15 is 0 Å². The molecule has 3 nitrogen and oxygen atoms in total. The Hall–Kier alpha value is -7.88. The van der Waals surface area contributed by atoms with Crippen LogP contribution in [0.3, 0.4) is 0 Å². The van der Waals surface area contributed by atoms with Gasteiger partial charge in [0.2, 0.25) is 0 Å². The molecule has 10 aromatic carbocycles. The van der Waals surface area contributed by atoms with Crippen molar-refractivity contribution in [3.63, 3.8) is 0 Å². The molecule has 0 amide bonds. The van der Waals surface area contributed by atoms with E-state index in [0.717, 1.165) is 55.6 Å². The van der Waals surface area contributed by atoms with Gasteiger partial charge in [0.1, 0.15) is 5.58 Å². The van der Waals surface area contributed by atoms with Gasteiger partial charge >= 0.3 is 0 Å². The molecule has 0 saturated carbocycles. The lowest BCUT2D eigenvalue weighted by molar-refractivity contribution is 0.673. The average Bonchev–Trinajstić information content (AvgIpc) is 3.86. The molecule has 0 radical (unpaired) electrons. The molecule has 0 aliphatic heterocycles. The monoisotopic (exact) mass is 752 g/mol. The maximum absolute atomic E-state index is 7.16. The predicted molar refractivity (Wildman–Crippen MR) is 249 cm³/mol. The summed E-state index contributed by atoms with van der Waals surface area (Å²) in [7, 11) is 0. The summed E-state index contributed by atoms with van der Waals surface area (Å²) in [5, 5.41) is 9.35. The lowest BCUT2D eigenvalue weighted by atomic mass is 9.94. The Morgan fingerprint density at radius 1 is 0.339 bits per heavy atom. The fourth-order valence-electron chi connectivity index (χ4n) is 9.19. The van der Waals surface area contributed by atoms with Crippen molar-refractivity contribution >= 4 is 82.4 Å². The van der Waals surface area contributed by atoms with Crippen LogP contribution < -0.4 is 4.90 Å². The number of aromatic nitrogens is 1. The molecule has 2 aromatic heterocycles. The SMILES string of the molecule is c1ccc(-c2ccc(N(c3ccc4c5ccccc5n(-c5ccccc5)c4c3)c3cccc4c3oc3c5ccccc5c(-c5ccc6ccccc6c5)cc43)cc2)cc1. The van der Waals surface area contributed by atoms with E-state index in [-0.39, 0.29) is 0 Å². The van der Waals surface area contributed by atoms with Crippen LogP contribution in [0.4, 0.5) is 17.1 Å². The number of para-hydroxylation sites is 3. The number of anilines is 3. The Morgan fingerprint density at radius 2 is 0.949 bits per heavy atom. The molecule has 0 bridgehead atoms. The Labute approximate surface area is 341 Å². The van der Waals surface area contributed by atoms with E-state index in [2.05, 4.69) is 228 Å². The second-order valence-electron chi connectivity index (χ2n) is 15.3. The summed E-state index contributed by atoms with van der Waals surface area (Å²) in [6.45, 7) is 0. The van der Waals surface area contributed by atoms with Gasteiger partial charge in [-0.2, -0.15) is 0 Å². The molecule has 0 unspecified atom stereocenters. The third-order valence-corrected chi connectivity index (χ3v) is 11.9. The van der Waals surface area contributed by atoms with Crippen LogP contribution in [0.2, 0.25) is 0 Å². The number of furan rings is 1. The van der Waals surface area contributed by atoms with E-state index in [1.165, 1.54) is 54.7 Å². The first-order valence-corrected chi connectivity index (χ1v) is 20.2. The highest BCUT2D eigenvalue weighted by Crippen LogP contribution is 2.47. The summed E-state index contributed by atoms with van der Waals surface area (Å²) in [5.74, 6) is 0. The minimum Gasteiger partial charge on any atom is -0.453 e. The lowest BCUT2D eigenvalue weighted by Gasteiger charge is -2.26. The first kappa shape index (κ1) is 33.3. The number of rotatable bonds is 6. The molecular formula is C56H36N2O. The minimum absolute atomic E-state index is 0.846. The predicted octanol–water partition coefficient (Wildman–Crippen LogP) is 15.8. The van der Waals surface area contributed by atoms with E-state index in [1.807, 2.05) is 0 Å². The van der Waals surface area contributed by atoms with Crippen molar-refractivity contribution in [1.29, 1.82) is 0 Å². The first-order chi connectivity index (χ1) is 29.3. The molecule has 0 atom stereocenters. The molecule has 0 aliphatic rings. The van der Waals surface area contributed by atoms with Crippen LogP contribution >= 0.6 is 0 Å². The van der Waals surface area contributed by atoms with Crippen molar-refractivity contribution in [3.8, 4) is 27.9 Å². The summed E-state index contributed by atoms with van der Waals surface area (Å²) in [4.78, 5) is 2.36. The third-order valence-electron chi connectivity index (χ3n) is 11.9.